The van der Waals surface area contributed by atoms with Gasteiger partial charge in [-0.05, 0) is 25.7 Å². The average molecular weight is 763 g/mol. The molecule has 322 valence electrons. The minimum atomic E-state index is -0.299. The number of esters is 2. The molecule has 0 saturated heterocycles. The summed E-state index contributed by atoms with van der Waals surface area (Å²) in [6, 6.07) is 0. The largest absolute Gasteiger partial charge is 0.462 e. The maximum absolute atomic E-state index is 12.8. The maximum Gasteiger partial charge on any atom is 0.306 e. The SMILES string of the molecule is CCCCCCCCCCCCCCCCCCC(COC(=O)CCCCCCCCCCCCCC)OC(=O)CCCCCCCCCCCCCC. The summed E-state index contributed by atoms with van der Waals surface area (Å²) in [4.78, 5) is 25.4. The van der Waals surface area contributed by atoms with Crippen LogP contribution in [0.2, 0.25) is 0 Å². The van der Waals surface area contributed by atoms with Gasteiger partial charge in [-0.25, -0.2) is 0 Å². The van der Waals surface area contributed by atoms with Gasteiger partial charge in [0.25, 0.3) is 0 Å². The fraction of sp³-hybridized carbons (Fsp3) is 0.960. The van der Waals surface area contributed by atoms with Crippen molar-refractivity contribution < 1.29 is 19.1 Å². The van der Waals surface area contributed by atoms with Crippen molar-refractivity contribution in [3.05, 3.63) is 0 Å². The van der Waals surface area contributed by atoms with Gasteiger partial charge in [0, 0.05) is 12.8 Å². The maximum atomic E-state index is 12.8. The lowest BCUT2D eigenvalue weighted by Gasteiger charge is -2.18. The van der Waals surface area contributed by atoms with Crippen LogP contribution >= 0.6 is 0 Å². The van der Waals surface area contributed by atoms with Gasteiger partial charge in [0.1, 0.15) is 12.7 Å². The summed E-state index contributed by atoms with van der Waals surface area (Å²) >= 11 is 0. The summed E-state index contributed by atoms with van der Waals surface area (Å²) < 4.78 is 11.6. The van der Waals surface area contributed by atoms with Crippen LogP contribution in [-0.4, -0.2) is 24.6 Å². The van der Waals surface area contributed by atoms with E-state index in [9.17, 15) is 9.59 Å². The van der Waals surface area contributed by atoms with Crippen molar-refractivity contribution in [2.24, 2.45) is 0 Å². The zero-order valence-electron chi connectivity index (χ0n) is 37.3. The lowest BCUT2D eigenvalue weighted by atomic mass is 10.0. The van der Waals surface area contributed by atoms with E-state index in [0.717, 1.165) is 44.9 Å². The Hall–Kier alpha value is -1.06. The van der Waals surface area contributed by atoms with Crippen LogP contribution in [0.15, 0.2) is 0 Å². The molecule has 4 heteroatoms. The quantitative estimate of drug-likeness (QED) is 0.0458. The third kappa shape index (κ3) is 43.7. The van der Waals surface area contributed by atoms with Gasteiger partial charge in [0.15, 0.2) is 0 Å². The minimum absolute atomic E-state index is 0.111. The highest BCUT2D eigenvalue weighted by molar-refractivity contribution is 5.70. The van der Waals surface area contributed by atoms with Crippen molar-refractivity contribution in [1.82, 2.24) is 0 Å². The Bertz CT molecular complexity index is 736. The van der Waals surface area contributed by atoms with E-state index in [4.69, 9.17) is 9.47 Å². The first-order valence-electron chi connectivity index (χ1n) is 25.0. The Morgan fingerprint density at radius 2 is 0.556 bits per heavy atom. The lowest BCUT2D eigenvalue weighted by molar-refractivity contribution is -0.159. The molecule has 0 aromatic rings. The van der Waals surface area contributed by atoms with Gasteiger partial charge in [0.05, 0.1) is 0 Å². The van der Waals surface area contributed by atoms with Crippen LogP contribution in [0.25, 0.3) is 0 Å². The van der Waals surface area contributed by atoms with E-state index in [-0.39, 0.29) is 24.6 Å². The zero-order valence-corrected chi connectivity index (χ0v) is 37.3. The topological polar surface area (TPSA) is 52.6 Å². The van der Waals surface area contributed by atoms with Crippen LogP contribution in [0.4, 0.5) is 0 Å². The Morgan fingerprint density at radius 3 is 0.852 bits per heavy atom. The van der Waals surface area contributed by atoms with Crippen LogP contribution < -0.4 is 0 Å². The number of carbonyl (C=O) groups excluding carboxylic acids is 2. The van der Waals surface area contributed by atoms with Gasteiger partial charge in [0.2, 0.25) is 0 Å². The summed E-state index contributed by atoms with van der Waals surface area (Å²) in [7, 11) is 0. The molecule has 0 heterocycles. The van der Waals surface area contributed by atoms with Crippen molar-refractivity contribution in [2.75, 3.05) is 6.61 Å². The molecule has 0 aromatic carbocycles. The van der Waals surface area contributed by atoms with Crippen LogP contribution in [-0.2, 0) is 19.1 Å². The first kappa shape index (κ1) is 52.9. The summed E-state index contributed by atoms with van der Waals surface area (Å²) in [6.45, 7) is 7.06. The number of rotatable bonds is 46. The van der Waals surface area contributed by atoms with E-state index in [0.29, 0.717) is 12.8 Å². The third-order valence-electron chi connectivity index (χ3n) is 11.6. The Balaban J connectivity index is 4.19. The van der Waals surface area contributed by atoms with Crippen molar-refractivity contribution in [3.63, 3.8) is 0 Å². The molecule has 0 aromatic heterocycles. The molecule has 0 bridgehead atoms. The molecule has 0 spiro atoms. The molecule has 1 unspecified atom stereocenters. The molecular weight excluding hydrogens is 665 g/mol. The predicted octanol–water partition coefficient (Wildman–Crippen LogP) is 17.3. The van der Waals surface area contributed by atoms with Gasteiger partial charge in [-0.1, -0.05) is 258 Å². The van der Waals surface area contributed by atoms with E-state index in [1.807, 2.05) is 0 Å². The first-order chi connectivity index (χ1) is 26.6. The number of carbonyl (C=O) groups is 2. The van der Waals surface area contributed by atoms with Gasteiger partial charge in [-0.2, -0.15) is 0 Å². The summed E-state index contributed by atoms with van der Waals surface area (Å²) in [5.74, 6) is -0.239. The fourth-order valence-corrected chi connectivity index (χ4v) is 7.82. The molecule has 1 atom stereocenters. The Kier molecular flexibility index (Phi) is 45.4. The van der Waals surface area contributed by atoms with Crippen LogP contribution in [0.5, 0.6) is 0 Å². The number of hydrogen-bond donors (Lipinski definition) is 0. The molecule has 0 rings (SSSR count). The third-order valence-corrected chi connectivity index (χ3v) is 11.6. The van der Waals surface area contributed by atoms with Crippen LogP contribution in [0, 0.1) is 0 Å². The number of ether oxygens (including phenoxy) is 2. The van der Waals surface area contributed by atoms with E-state index in [1.54, 1.807) is 0 Å². The van der Waals surface area contributed by atoms with E-state index in [2.05, 4.69) is 20.8 Å². The van der Waals surface area contributed by atoms with Crippen molar-refractivity contribution in [2.45, 2.75) is 303 Å². The number of hydrogen-bond acceptors (Lipinski definition) is 4. The van der Waals surface area contributed by atoms with Gasteiger partial charge < -0.3 is 9.47 Å². The molecule has 0 saturated carbocycles. The van der Waals surface area contributed by atoms with Gasteiger partial charge >= 0.3 is 11.9 Å². The van der Waals surface area contributed by atoms with Crippen LogP contribution in [0.3, 0.4) is 0 Å². The van der Waals surface area contributed by atoms with E-state index in [1.165, 1.54) is 218 Å². The second kappa shape index (κ2) is 46.3. The molecule has 0 radical (unpaired) electrons. The van der Waals surface area contributed by atoms with Gasteiger partial charge in [-0.3, -0.25) is 9.59 Å². The Morgan fingerprint density at radius 1 is 0.315 bits per heavy atom. The second-order valence-corrected chi connectivity index (χ2v) is 17.2. The molecule has 0 amide bonds. The number of unbranched alkanes of at least 4 members (excludes halogenated alkanes) is 37. The monoisotopic (exact) mass is 763 g/mol. The van der Waals surface area contributed by atoms with Gasteiger partial charge in [-0.15, -0.1) is 0 Å². The summed E-state index contributed by atoms with van der Waals surface area (Å²) in [6.07, 6.45) is 53.9. The molecule has 0 fully saturated rings. The lowest BCUT2D eigenvalue weighted by Crippen LogP contribution is -2.25. The molecule has 4 nitrogen and oxygen atoms in total. The normalized spacial score (nSPS) is 12.0. The highest BCUT2D eigenvalue weighted by atomic mass is 16.6. The zero-order chi connectivity index (χ0) is 39.3. The van der Waals surface area contributed by atoms with Crippen molar-refractivity contribution in [1.29, 1.82) is 0 Å². The van der Waals surface area contributed by atoms with Crippen molar-refractivity contribution >= 4 is 11.9 Å². The first-order valence-corrected chi connectivity index (χ1v) is 25.0. The molecule has 0 aliphatic heterocycles. The minimum Gasteiger partial charge on any atom is -0.462 e. The van der Waals surface area contributed by atoms with Crippen LogP contribution in [0.1, 0.15) is 297 Å². The fourth-order valence-electron chi connectivity index (χ4n) is 7.82. The smallest absolute Gasteiger partial charge is 0.306 e. The standard InChI is InChI=1S/C50H98O4/c1-4-7-10-13-16-19-22-25-26-27-28-29-32-35-38-41-44-48(54-50(52)46-43-40-37-34-31-24-21-18-15-12-9-6-3)47-53-49(51)45-42-39-36-33-30-23-20-17-14-11-8-5-2/h48H,4-47H2,1-3H3. The predicted molar refractivity (Wildman–Crippen MR) is 236 cm³/mol. The molecular formula is C50H98O4. The summed E-state index contributed by atoms with van der Waals surface area (Å²) in [5.41, 5.74) is 0. The highest BCUT2D eigenvalue weighted by Crippen LogP contribution is 2.18. The second-order valence-electron chi connectivity index (χ2n) is 17.2. The van der Waals surface area contributed by atoms with E-state index >= 15 is 0 Å². The summed E-state index contributed by atoms with van der Waals surface area (Å²) in [5, 5.41) is 0. The molecule has 0 N–H and O–H groups in total. The van der Waals surface area contributed by atoms with E-state index < -0.39 is 0 Å². The molecule has 0 aliphatic carbocycles. The molecule has 54 heavy (non-hydrogen) atoms. The Labute approximate surface area is 339 Å². The van der Waals surface area contributed by atoms with Crippen molar-refractivity contribution in [3.8, 4) is 0 Å². The molecule has 0 aliphatic rings. The average Bonchev–Trinajstić information content (AvgIpc) is 3.17. The highest BCUT2D eigenvalue weighted by Gasteiger charge is 2.17.